The summed E-state index contributed by atoms with van der Waals surface area (Å²) < 4.78 is 16.2. The molecule has 2 aromatic carbocycles. The van der Waals surface area contributed by atoms with Gasteiger partial charge in [0.1, 0.15) is 0 Å². The molecule has 35 heavy (non-hydrogen) atoms. The van der Waals surface area contributed by atoms with E-state index in [0.717, 1.165) is 38.4 Å². The van der Waals surface area contributed by atoms with Gasteiger partial charge in [0.2, 0.25) is 5.39 Å². The standard InChI is InChI=1S/C24H26N4O7/c1-33-20-12-7-16(15-21(20)35-19-5-3-4-6-19)13-14-27(23(29)22(26-25)24(30)34-2)17-8-10-18(11-9-17)28(31)32/h7-12,15,19H,3-6,13-14H2,1-2H3/p+1. The van der Waals surface area contributed by atoms with E-state index < -0.39 is 22.5 Å². The second kappa shape index (κ2) is 11.7. The molecule has 1 aliphatic carbocycles. The van der Waals surface area contributed by atoms with Gasteiger partial charge in [0.05, 0.1) is 25.2 Å². The average Bonchev–Trinajstić information content (AvgIpc) is 3.38. The van der Waals surface area contributed by atoms with Gasteiger partial charge in [-0.3, -0.25) is 14.9 Å². The molecule has 0 aromatic heterocycles. The predicted molar refractivity (Wildman–Crippen MR) is 127 cm³/mol. The highest BCUT2D eigenvalue weighted by atomic mass is 16.6. The fourth-order valence-electron chi connectivity index (χ4n) is 3.90. The van der Waals surface area contributed by atoms with E-state index in [-0.39, 0.29) is 18.3 Å². The van der Waals surface area contributed by atoms with Crippen molar-refractivity contribution in [3.63, 3.8) is 0 Å². The first-order valence-corrected chi connectivity index (χ1v) is 11.1. The second-order valence-electron chi connectivity index (χ2n) is 7.95. The molecule has 1 aliphatic rings. The number of hydrogen-bond acceptors (Lipinski definition) is 8. The zero-order valence-corrected chi connectivity index (χ0v) is 19.5. The maximum absolute atomic E-state index is 13.1. The van der Waals surface area contributed by atoms with Crippen LogP contribution < -0.4 is 14.4 Å². The first-order valence-electron chi connectivity index (χ1n) is 11.1. The van der Waals surface area contributed by atoms with E-state index in [0.29, 0.717) is 23.6 Å². The Morgan fingerprint density at radius 3 is 2.43 bits per heavy atom. The van der Waals surface area contributed by atoms with Gasteiger partial charge in [-0.2, -0.15) is 0 Å². The number of aliphatic hydroxyl groups excluding tert-OH is 1. The van der Waals surface area contributed by atoms with Crippen LogP contribution in [0.5, 0.6) is 11.5 Å². The maximum atomic E-state index is 13.1. The molecule has 0 bridgehead atoms. The Kier molecular flexibility index (Phi) is 8.45. The summed E-state index contributed by atoms with van der Waals surface area (Å²) in [5.74, 6) is -0.482. The molecule has 1 N–H and O–H groups in total. The first kappa shape index (κ1) is 25.3. The summed E-state index contributed by atoms with van der Waals surface area (Å²) in [7, 11) is 2.69. The van der Waals surface area contributed by atoms with Crippen molar-refractivity contribution < 1.29 is 29.0 Å². The number of hydrogen-bond donors (Lipinski definition) is 1. The van der Waals surface area contributed by atoms with Crippen LogP contribution in [0.3, 0.4) is 0 Å². The van der Waals surface area contributed by atoms with Crippen LogP contribution in [-0.4, -0.2) is 42.8 Å². The van der Waals surface area contributed by atoms with Gasteiger partial charge in [0.15, 0.2) is 16.5 Å². The monoisotopic (exact) mass is 483 g/mol. The van der Waals surface area contributed by atoms with Crippen molar-refractivity contribution in [2.45, 2.75) is 38.2 Å². The fourth-order valence-corrected chi connectivity index (χ4v) is 3.90. The molecule has 11 heteroatoms. The van der Waals surface area contributed by atoms with Gasteiger partial charge in [-0.05, 0) is 61.9 Å². The van der Waals surface area contributed by atoms with E-state index in [9.17, 15) is 25.4 Å². The normalized spacial score (nSPS) is 14.0. The zero-order chi connectivity index (χ0) is 25.4. The van der Waals surface area contributed by atoms with Crippen LogP contribution in [0.4, 0.5) is 11.4 Å². The van der Waals surface area contributed by atoms with Gasteiger partial charge < -0.3 is 24.2 Å². The van der Waals surface area contributed by atoms with Crippen LogP contribution >= 0.6 is 0 Å². The Labute approximate surface area is 202 Å². The summed E-state index contributed by atoms with van der Waals surface area (Å²) in [5.41, 5.74) is 0.306. The molecule has 1 saturated carbocycles. The van der Waals surface area contributed by atoms with Crippen LogP contribution in [-0.2, 0) is 16.0 Å². The van der Waals surface area contributed by atoms with E-state index in [1.807, 2.05) is 12.1 Å². The lowest BCUT2D eigenvalue weighted by molar-refractivity contribution is -0.384. The number of ether oxygens (including phenoxy) is 3. The van der Waals surface area contributed by atoms with Gasteiger partial charge in [0.25, 0.3) is 5.69 Å². The minimum atomic E-state index is -0.860. The highest BCUT2D eigenvalue weighted by Gasteiger charge is 2.36. The molecule has 0 heterocycles. The van der Waals surface area contributed by atoms with E-state index in [1.54, 1.807) is 13.2 Å². The molecule has 0 saturated heterocycles. The highest BCUT2D eigenvalue weighted by molar-refractivity contribution is 6.06. The van der Waals surface area contributed by atoms with Crippen LogP contribution in [0.15, 0.2) is 54.1 Å². The molecule has 0 unspecified atom stereocenters. The van der Waals surface area contributed by atoms with Crippen LogP contribution in [0, 0.1) is 15.5 Å². The Balaban J connectivity index is 1.88. The number of carbonyl (C=O) groups is 1. The topological polar surface area (TPSA) is 140 Å². The van der Waals surface area contributed by atoms with E-state index in [4.69, 9.17) is 9.47 Å². The van der Waals surface area contributed by atoms with E-state index in [1.165, 1.54) is 29.2 Å². The van der Waals surface area contributed by atoms with E-state index >= 15 is 0 Å². The van der Waals surface area contributed by atoms with Crippen molar-refractivity contribution in [2.24, 2.45) is 0 Å². The Bertz CT molecular complexity index is 1140. The molecule has 0 radical (unpaired) electrons. The number of nitro groups is 1. The molecule has 1 fully saturated rings. The van der Waals surface area contributed by atoms with Gasteiger partial charge in [-0.25, -0.2) is 0 Å². The Hall–Kier alpha value is -4.33. The number of aliphatic hydroxyl groups is 1. The largest absolute Gasteiger partial charge is 0.527 e. The first-order chi connectivity index (χ1) is 16.9. The molecule has 0 aliphatic heterocycles. The summed E-state index contributed by atoms with van der Waals surface area (Å²) >= 11 is 0. The lowest BCUT2D eigenvalue weighted by Gasteiger charge is -2.21. The molecular weight excluding hydrogens is 456 g/mol. The molecule has 0 spiro atoms. The minimum Gasteiger partial charge on any atom is -0.493 e. The number of amides is 1. The smallest absolute Gasteiger partial charge is 0.493 e. The lowest BCUT2D eigenvalue weighted by atomic mass is 10.1. The van der Waals surface area contributed by atoms with Crippen molar-refractivity contribution in [1.82, 2.24) is 0 Å². The van der Waals surface area contributed by atoms with Gasteiger partial charge in [0, 0.05) is 24.4 Å². The molecule has 3 rings (SSSR count). The highest BCUT2D eigenvalue weighted by Crippen LogP contribution is 2.33. The molecule has 1 amide bonds. The average molecular weight is 484 g/mol. The number of non-ortho nitro benzene ring substituents is 1. The number of rotatable bonds is 10. The van der Waals surface area contributed by atoms with Crippen molar-refractivity contribution in [3.05, 3.63) is 74.8 Å². The quantitative estimate of drug-likeness (QED) is 0.168. The number of methoxy groups -OCH3 is 2. The summed E-state index contributed by atoms with van der Waals surface area (Å²) in [6.45, 7) is 0.0991. The second-order valence-corrected chi connectivity index (χ2v) is 7.95. The van der Waals surface area contributed by atoms with Crippen molar-refractivity contribution in [3.8, 4) is 11.5 Å². The van der Waals surface area contributed by atoms with E-state index in [2.05, 4.69) is 9.71 Å². The number of benzene rings is 2. The molecular formula is C24H27N4O7+. The SMILES string of the molecule is CO/C(O)=C(\[N+]#N)C(=O)N(CCc1ccc(OC)c(OC2CCCC2)c1)c1ccc([N+](=O)[O-])cc1. The number of diazo groups is 1. The lowest BCUT2D eigenvalue weighted by Crippen LogP contribution is -2.34. The predicted octanol–water partition coefficient (Wildman–Crippen LogP) is 4.73. The molecule has 184 valence electrons. The molecule has 0 atom stereocenters. The van der Waals surface area contributed by atoms with Crippen molar-refractivity contribution in [2.75, 3.05) is 25.7 Å². The fraction of sp³-hybridized carbons (Fsp3) is 0.375. The van der Waals surface area contributed by atoms with Crippen LogP contribution in [0.2, 0.25) is 0 Å². The summed E-state index contributed by atoms with van der Waals surface area (Å²) in [6.07, 6.45) is 4.71. The maximum Gasteiger partial charge on any atom is 0.527 e. The van der Waals surface area contributed by atoms with Crippen LogP contribution in [0.25, 0.3) is 4.98 Å². The third-order valence-corrected chi connectivity index (χ3v) is 5.76. The third-order valence-electron chi connectivity index (χ3n) is 5.76. The summed E-state index contributed by atoms with van der Waals surface area (Å²) in [6, 6.07) is 10.8. The van der Waals surface area contributed by atoms with Crippen molar-refractivity contribution >= 4 is 17.3 Å². The Morgan fingerprint density at radius 2 is 1.86 bits per heavy atom. The minimum absolute atomic E-state index is 0.0991. The zero-order valence-electron chi connectivity index (χ0n) is 19.5. The Morgan fingerprint density at radius 1 is 1.17 bits per heavy atom. The van der Waals surface area contributed by atoms with Crippen LogP contribution in [0.1, 0.15) is 31.2 Å². The number of nitro benzene ring substituents is 1. The van der Waals surface area contributed by atoms with Gasteiger partial charge >= 0.3 is 17.5 Å². The number of nitrogens with zero attached hydrogens (tertiary/aromatic N) is 4. The van der Waals surface area contributed by atoms with Gasteiger partial charge in [-0.15, -0.1) is 0 Å². The third kappa shape index (κ3) is 6.17. The van der Waals surface area contributed by atoms with Crippen molar-refractivity contribution in [1.29, 1.82) is 5.39 Å². The molecule has 11 nitrogen and oxygen atoms in total. The number of carbonyl (C=O) groups excluding carboxylic acids is 1. The summed E-state index contributed by atoms with van der Waals surface area (Å²) in [4.78, 5) is 27.7. The number of anilines is 1. The summed E-state index contributed by atoms with van der Waals surface area (Å²) in [5, 5.41) is 30.2. The molecule has 2 aromatic rings. The van der Waals surface area contributed by atoms with Gasteiger partial charge in [-0.1, -0.05) is 6.07 Å².